The van der Waals surface area contributed by atoms with Gasteiger partial charge in [-0.3, -0.25) is 9.69 Å². The number of benzene rings is 1. The zero-order valence-corrected chi connectivity index (χ0v) is 17.7. The van der Waals surface area contributed by atoms with Crippen LogP contribution in [-0.2, 0) is 20.2 Å². The molecule has 10 heteroatoms. The van der Waals surface area contributed by atoms with Gasteiger partial charge in [0.05, 0.1) is 16.4 Å². The zero-order chi connectivity index (χ0) is 22.5. The predicted molar refractivity (Wildman–Crippen MR) is 115 cm³/mol. The SMILES string of the molecule is [2H]CNS(=O)(=O)c1ccc(Nc2ncc3c(n2)N([C@@H]2CCC[C@@H](O)C2)C(=O)C32CC2)cc1. The van der Waals surface area contributed by atoms with Gasteiger partial charge in [-0.05, 0) is 69.8 Å². The Morgan fingerprint density at radius 1 is 1.26 bits per heavy atom. The fourth-order valence-electron chi connectivity index (χ4n) is 4.65. The minimum absolute atomic E-state index is 0.0634. The minimum atomic E-state index is -3.71. The molecule has 1 aliphatic heterocycles. The molecule has 164 valence electrons. The number of carbonyl (C=O) groups is 1. The van der Waals surface area contributed by atoms with Crippen LogP contribution in [0.1, 0.15) is 45.5 Å². The Morgan fingerprint density at radius 2 is 2.03 bits per heavy atom. The molecule has 9 nitrogen and oxygen atoms in total. The van der Waals surface area contributed by atoms with Crippen LogP contribution in [0, 0.1) is 0 Å². The molecule has 1 amide bonds. The molecule has 0 bridgehead atoms. The van der Waals surface area contributed by atoms with Crippen LogP contribution in [0.3, 0.4) is 0 Å². The lowest BCUT2D eigenvalue weighted by Crippen LogP contribution is -2.44. The summed E-state index contributed by atoms with van der Waals surface area (Å²) in [5.74, 6) is 0.993. The number of amides is 1. The smallest absolute Gasteiger partial charge is 0.240 e. The van der Waals surface area contributed by atoms with Crippen molar-refractivity contribution in [2.24, 2.45) is 0 Å². The van der Waals surface area contributed by atoms with Gasteiger partial charge in [-0.25, -0.2) is 18.1 Å². The summed E-state index contributed by atoms with van der Waals surface area (Å²) in [4.78, 5) is 24.2. The van der Waals surface area contributed by atoms with Gasteiger partial charge in [0.15, 0.2) is 0 Å². The third kappa shape index (κ3) is 3.38. The highest BCUT2D eigenvalue weighted by Crippen LogP contribution is 2.57. The molecule has 0 radical (unpaired) electrons. The second-order valence-corrected chi connectivity index (χ2v) is 10.2. The second kappa shape index (κ2) is 7.25. The summed E-state index contributed by atoms with van der Waals surface area (Å²) in [6.07, 6.45) is 5.93. The molecule has 31 heavy (non-hydrogen) atoms. The molecule has 2 aromatic rings. The van der Waals surface area contributed by atoms with Crippen LogP contribution < -0.4 is 14.9 Å². The largest absolute Gasteiger partial charge is 0.393 e. The Kier molecular flexibility index (Phi) is 4.48. The highest BCUT2D eigenvalue weighted by atomic mass is 32.2. The Labute approximate surface area is 182 Å². The Balaban J connectivity index is 1.41. The monoisotopic (exact) mass is 444 g/mol. The predicted octanol–water partition coefficient (Wildman–Crippen LogP) is 1.81. The van der Waals surface area contributed by atoms with E-state index in [0.717, 1.165) is 37.7 Å². The van der Waals surface area contributed by atoms with Crippen molar-refractivity contribution >= 4 is 33.4 Å². The fraction of sp³-hybridized carbons (Fsp3) is 0.476. The third-order valence-electron chi connectivity index (χ3n) is 6.49. The number of rotatable bonds is 5. The molecule has 2 aliphatic carbocycles. The van der Waals surface area contributed by atoms with Crippen LogP contribution in [0.25, 0.3) is 0 Å². The van der Waals surface area contributed by atoms with Gasteiger partial charge in [0, 0.05) is 24.9 Å². The maximum Gasteiger partial charge on any atom is 0.240 e. The quantitative estimate of drug-likeness (QED) is 0.642. The average Bonchev–Trinajstić information content (AvgIpc) is 3.52. The van der Waals surface area contributed by atoms with Gasteiger partial charge in [0.25, 0.3) is 0 Å². The van der Waals surface area contributed by atoms with Crippen LogP contribution in [0.4, 0.5) is 17.5 Å². The first-order valence-corrected chi connectivity index (χ1v) is 11.9. The van der Waals surface area contributed by atoms with E-state index in [1.165, 1.54) is 12.1 Å². The summed E-state index contributed by atoms with van der Waals surface area (Å²) in [6.45, 7) is 0. The van der Waals surface area contributed by atoms with Crippen LogP contribution in [-0.4, -0.2) is 48.6 Å². The molecule has 3 aliphatic rings. The van der Waals surface area contributed by atoms with E-state index in [9.17, 15) is 18.3 Å². The minimum Gasteiger partial charge on any atom is -0.393 e. The standard InChI is InChI=1S/C21H25N5O4S/c1-22-31(29,30)16-7-5-13(6-8-16)24-20-23-12-17-18(25-20)26(19(28)21(17)9-10-21)14-3-2-4-15(27)11-14/h5-8,12,14-15,22,27H,2-4,9-11H2,1H3,(H,23,24,25)/t14-,15-/m1/s1/i1D. The third-order valence-corrected chi connectivity index (χ3v) is 7.76. The van der Waals surface area contributed by atoms with Gasteiger partial charge >= 0.3 is 0 Å². The van der Waals surface area contributed by atoms with E-state index < -0.39 is 28.6 Å². The van der Waals surface area contributed by atoms with Crippen molar-refractivity contribution in [3.63, 3.8) is 0 Å². The molecule has 2 fully saturated rings. The van der Waals surface area contributed by atoms with Gasteiger partial charge in [0.1, 0.15) is 5.82 Å². The van der Waals surface area contributed by atoms with Crippen molar-refractivity contribution < 1.29 is 19.7 Å². The number of nitrogens with zero attached hydrogens (tertiary/aromatic N) is 3. The summed E-state index contributed by atoms with van der Waals surface area (Å²) in [6, 6.07) is 6.00. The average molecular weight is 445 g/mol. The molecule has 0 unspecified atom stereocenters. The molecule has 1 aromatic carbocycles. The summed E-state index contributed by atoms with van der Waals surface area (Å²) in [5, 5.41) is 13.2. The van der Waals surface area contributed by atoms with Crippen LogP contribution >= 0.6 is 0 Å². The van der Waals surface area contributed by atoms with Crippen LogP contribution in [0.5, 0.6) is 0 Å². The second-order valence-electron chi connectivity index (χ2n) is 8.46. The molecule has 2 heterocycles. The molecule has 5 rings (SSSR count). The first kappa shape index (κ1) is 19.1. The maximum atomic E-state index is 13.3. The number of nitrogens with one attached hydrogen (secondary N) is 2. The fourth-order valence-corrected chi connectivity index (χ4v) is 5.31. The summed E-state index contributed by atoms with van der Waals surface area (Å²) in [7, 11) is -4.14. The van der Waals surface area contributed by atoms with Gasteiger partial charge in [-0.15, -0.1) is 0 Å². The van der Waals surface area contributed by atoms with E-state index in [-0.39, 0.29) is 16.8 Å². The number of aliphatic hydroxyl groups is 1. The molecule has 1 aromatic heterocycles. The van der Waals surface area contributed by atoms with Gasteiger partial charge in [-0.1, -0.05) is 0 Å². The van der Waals surface area contributed by atoms with E-state index in [2.05, 4.69) is 20.0 Å². The van der Waals surface area contributed by atoms with Crippen LogP contribution in [0.15, 0.2) is 35.4 Å². The van der Waals surface area contributed by atoms with Gasteiger partial charge in [0.2, 0.25) is 21.9 Å². The zero-order valence-electron chi connectivity index (χ0n) is 17.9. The molecule has 1 spiro atoms. The molecular weight excluding hydrogens is 418 g/mol. The van der Waals surface area contributed by atoms with E-state index >= 15 is 0 Å². The molecule has 0 saturated heterocycles. The van der Waals surface area contributed by atoms with Crippen molar-refractivity contribution in [3.8, 4) is 0 Å². The Bertz CT molecular complexity index is 1150. The summed E-state index contributed by atoms with van der Waals surface area (Å²) < 4.78 is 33.2. The number of aromatic nitrogens is 2. The van der Waals surface area contributed by atoms with Crippen molar-refractivity contribution in [2.45, 2.75) is 61.0 Å². The van der Waals surface area contributed by atoms with Crippen molar-refractivity contribution in [2.75, 3.05) is 17.2 Å². The molecule has 3 N–H and O–H groups in total. The molecule has 2 atom stereocenters. The topological polar surface area (TPSA) is 125 Å². The number of anilines is 3. The van der Waals surface area contributed by atoms with E-state index in [1.807, 2.05) is 0 Å². The maximum absolute atomic E-state index is 13.3. The number of sulfonamides is 1. The highest BCUT2D eigenvalue weighted by molar-refractivity contribution is 7.89. The molecular formula is C21H25N5O4S. The first-order chi connectivity index (χ1) is 15.3. The number of aliphatic hydroxyl groups excluding tert-OH is 1. The summed E-state index contributed by atoms with van der Waals surface area (Å²) in [5.41, 5.74) is 0.952. The van der Waals surface area contributed by atoms with Crippen molar-refractivity contribution in [1.82, 2.24) is 14.7 Å². The van der Waals surface area contributed by atoms with E-state index in [0.29, 0.717) is 23.9 Å². The normalized spacial score (nSPS) is 24.7. The van der Waals surface area contributed by atoms with Gasteiger partial charge < -0.3 is 10.4 Å². The van der Waals surface area contributed by atoms with Gasteiger partial charge in [-0.2, -0.15) is 4.98 Å². The number of hydrogen-bond donors (Lipinski definition) is 3. The van der Waals surface area contributed by atoms with Crippen molar-refractivity contribution in [3.05, 3.63) is 36.0 Å². The Hall–Kier alpha value is -2.56. The van der Waals surface area contributed by atoms with E-state index in [1.54, 1.807) is 23.2 Å². The number of fused-ring (bicyclic) bond motifs is 2. The highest BCUT2D eigenvalue weighted by Gasteiger charge is 2.61. The number of hydrogen-bond acceptors (Lipinski definition) is 7. The van der Waals surface area contributed by atoms with Crippen LogP contribution in [0.2, 0.25) is 0 Å². The lowest BCUT2D eigenvalue weighted by Gasteiger charge is -2.33. The Morgan fingerprint density at radius 3 is 2.71 bits per heavy atom. The van der Waals surface area contributed by atoms with Crippen molar-refractivity contribution in [1.29, 1.82) is 0 Å². The van der Waals surface area contributed by atoms with E-state index in [4.69, 9.17) is 1.37 Å². The number of carbonyl (C=O) groups excluding carboxylic acids is 1. The lowest BCUT2D eigenvalue weighted by molar-refractivity contribution is -0.121. The first-order valence-electron chi connectivity index (χ1n) is 11.1. The summed E-state index contributed by atoms with van der Waals surface area (Å²) >= 11 is 0. The molecule has 2 saturated carbocycles. The lowest BCUT2D eigenvalue weighted by atomic mass is 9.92.